The molecule has 0 radical (unpaired) electrons. The van der Waals surface area contributed by atoms with Crippen LogP contribution in [0.25, 0.3) is 0 Å². The van der Waals surface area contributed by atoms with Crippen LogP contribution < -0.4 is 0 Å². The Kier molecular flexibility index (Phi) is 2.37. The molecule has 14 heavy (non-hydrogen) atoms. The summed E-state index contributed by atoms with van der Waals surface area (Å²) in [5.41, 5.74) is -2.48. The molecule has 6 heteroatoms. The zero-order chi connectivity index (χ0) is 10.9. The Hall–Kier alpha value is -1.72. The summed E-state index contributed by atoms with van der Waals surface area (Å²) < 4.78 is 36.6. The predicted molar refractivity (Wildman–Crippen MR) is 40.1 cm³/mol. The number of carboxylic acid groups (broad SMARTS) is 1. The van der Waals surface area contributed by atoms with E-state index < -0.39 is 29.0 Å². The molecule has 76 valence electrons. The van der Waals surface area contributed by atoms with Gasteiger partial charge >= 0.3 is 12.1 Å². The van der Waals surface area contributed by atoms with Crippen LogP contribution >= 0.6 is 0 Å². The van der Waals surface area contributed by atoms with E-state index in [-0.39, 0.29) is 0 Å². The van der Waals surface area contributed by atoms with Gasteiger partial charge in [0.2, 0.25) is 0 Å². The molecule has 1 aromatic carbocycles. The topological polar surface area (TPSA) is 57.5 Å². The van der Waals surface area contributed by atoms with Crippen molar-refractivity contribution in [3.63, 3.8) is 0 Å². The van der Waals surface area contributed by atoms with Crippen molar-refractivity contribution in [2.75, 3.05) is 0 Å². The number of hydrogen-bond acceptors (Lipinski definition) is 2. The minimum absolute atomic E-state index is 0.600. The van der Waals surface area contributed by atoms with E-state index >= 15 is 0 Å². The smallest absolute Gasteiger partial charge is 0.417 e. The van der Waals surface area contributed by atoms with Crippen molar-refractivity contribution in [1.82, 2.24) is 0 Å². The Morgan fingerprint density at radius 2 is 1.86 bits per heavy atom. The van der Waals surface area contributed by atoms with Gasteiger partial charge in [-0.25, -0.2) is 4.79 Å². The zero-order valence-corrected chi connectivity index (χ0v) is 6.67. The highest BCUT2D eigenvalue weighted by Crippen LogP contribution is 2.35. The number of aromatic hydroxyl groups is 1. The Labute approximate surface area is 76.4 Å². The number of alkyl halides is 3. The predicted octanol–water partition coefficient (Wildman–Crippen LogP) is 2.11. The summed E-state index contributed by atoms with van der Waals surface area (Å²) in [4.78, 5) is 10.4. The van der Waals surface area contributed by atoms with Crippen molar-refractivity contribution < 1.29 is 28.2 Å². The van der Waals surface area contributed by atoms with Crippen molar-refractivity contribution in [2.45, 2.75) is 6.18 Å². The van der Waals surface area contributed by atoms with E-state index in [4.69, 9.17) is 10.2 Å². The molecule has 0 aromatic heterocycles. The molecular weight excluding hydrogens is 201 g/mol. The Morgan fingerprint density at radius 3 is 2.21 bits per heavy atom. The first-order chi connectivity index (χ1) is 6.34. The molecule has 0 saturated heterocycles. The number of benzene rings is 1. The summed E-state index contributed by atoms with van der Waals surface area (Å²) in [6, 6.07) is 2.42. The molecule has 0 amide bonds. The van der Waals surface area contributed by atoms with Crippen LogP contribution in [0.3, 0.4) is 0 Å². The van der Waals surface area contributed by atoms with E-state index in [1.807, 2.05) is 0 Å². The first kappa shape index (κ1) is 10.4. The minimum Gasteiger partial charge on any atom is -0.507 e. The molecule has 0 spiro atoms. The van der Waals surface area contributed by atoms with E-state index in [9.17, 15) is 18.0 Å². The SMILES string of the molecule is O=C(O)c1c(O)cccc1C(F)(F)F. The van der Waals surface area contributed by atoms with Crippen LogP contribution in [-0.2, 0) is 6.18 Å². The van der Waals surface area contributed by atoms with Crippen LogP contribution in [0.1, 0.15) is 15.9 Å². The molecular formula is C8H5F3O3. The Bertz CT molecular complexity index is 371. The highest BCUT2D eigenvalue weighted by molar-refractivity contribution is 5.92. The van der Waals surface area contributed by atoms with Gasteiger partial charge in [-0.05, 0) is 12.1 Å². The minimum atomic E-state index is -4.79. The average Bonchev–Trinajstić information content (AvgIpc) is 2.01. The fraction of sp³-hybridized carbons (Fsp3) is 0.125. The van der Waals surface area contributed by atoms with Gasteiger partial charge in [-0.3, -0.25) is 0 Å². The second kappa shape index (κ2) is 3.21. The molecule has 0 aliphatic rings. The third-order valence-corrected chi connectivity index (χ3v) is 1.56. The average molecular weight is 206 g/mol. The Morgan fingerprint density at radius 1 is 1.29 bits per heavy atom. The maximum atomic E-state index is 12.2. The molecule has 0 unspecified atom stereocenters. The standard InChI is InChI=1S/C8H5F3O3/c9-8(10,11)4-2-1-3-5(12)6(4)7(13)14/h1-3,12H,(H,13,14). The van der Waals surface area contributed by atoms with Gasteiger partial charge in [0, 0.05) is 0 Å². The lowest BCUT2D eigenvalue weighted by Gasteiger charge is -2.10. The summed E-state index contributed by atoms with van der Waals surface area (Å²) in [7, 11) is 0. The molecule has 0 aliphatic carbocycles. The highest BCUT2D eigenvalue weighted by Gasteiger charge is 2.36. The number of halogens is 3. The van der Waals surface area contributed by atoms with Crippen molar-refractivity contribution >= 4 is 5.97 Å². The molecule has 1 rings (SSSR count). The maximum Gasteiger partial charge on any atom is 0.417 e. The van der Waals surface area contributed by atoms with Crippen molar-refractivity contribution in [3.05, 3.63) is 29.3 Å². The van der Waals surface area contributed by atoms with E-state index in [0.29, 0.717) is 6.07 Å². The Balaban J connectivity index is 3.44. The third kappa shape index (κ3) is 1.78. The molecule has 0 bridgehead atoms. The van der Waals surface area contributed by atoms with Crippen LogP contribution in [0, 0.1) is 0 Å². The van der Waals surface area contributed by atoms with Gasteiger partial charge in [0.15, 0.2) is 0 Å². The number of phenols is 1. The van der Waals surface area contributed by atoms with E-state index in [1.54, 1.807) is 0 Å². The van der Waals surface area contributed by atoms with Gasteiger partial charge in [0.1, 0.15) is 11.3 Å². The monoisotopic (exact) mass is 206 g/mol. The lowest BCUT2D eigenvalue weighted by Crippen LogP contribution is -2.12. The number of carboxylic acids is 1. The van der Waals surface area contributed by atoms with Gasteiger partial charge in [-0.15, -0.1) is 0 Å². The molecule has 3 nitrogen and oxygen atoms in total. The fourth-order valence-corrected chi connectivity index (χ4v) is 1.00. The lowest BCUT2D eigenvalue weighted by molar-refractivity contribution is -0.138. The van der Waals surface area contributed by atoms with Crippen LogP contribution in [0.2, 0.25) is 0 Å². The first-order valence-electron chi connectivity index (χ1n) is 3.46. The first-order valence-corrected chi connectivity index (χ1v) is 3.46. The quantitative estimate of drug-likeness (QED) is 0.739. The summed E-state index contributed by atoms with van der Waals surface area (Å²) >= 11 is 0. The summed E-state index contributed by atoms with van der Waals surface area (Å²) in [5.74, 6) is -2.71. The van der Waals surface area contributed by atoms with Crippen LogP contribution in [-0.4, -0.2) is 16.2 Å². The van der Waals surface area contributed by atoms with Gasteiger partial charge in [0.05, 0.1) is 5.56 Å². The number of rotatable bonds is 1. The van der Waals surface area contributed by atoms with E-state index in [2.05, 4.69) is 0 Å². The molecule has 0 atom stereocenters. The van der Waals surface area contributed by atoms with Gasteiger partial charge < -0.3 is 10.2 Å². The zero-order valence-electron chi connectivity index (χ0n) is 6.67. The second-order valence-corrected chi connectivity index (χ2v) is 2.50. The van der Waals surface area contributed by atoms with Crippen LogP contribution in [0.15, 0.2) is 18.2 Å². The fourth-order valence-electron chi connectivity index (χ4n) is 1.00. The van der Waals surface area contributed by atoms with Gasteiger partial charge in [-0.2, -0.15) is 13.2 Å². The van der Waals surface area contributed by atoms with Crippen molar-refractivity contribution in [2.24, 2.45) is 0 Å². The lowest BCUT2D eigenvalue weighted by atomic mass is 10.1. The van der Waals surface area contributed by atoms with Crippen molar-refractivity contribution in [3.8, 4) is 5.75 Å². The van der Waals surface area contributed by atoms with Gasteiger partial charge in [0.25, 0.3) is 0 Å². The molecule has 0 fully saturated rings. The second-order valence-electron chi connectivity index (χ2n) is 2.50. The maximum absolute atomic E-state index is 12.2. The van der Waals surface area contributed by atoms with Gasteiger partial charge in [-0.1, -0.05) is 6.07 Å². The number of carbonyl (C=O) groups is 1. The van der Waals surface area contributed by atoms with Crippen molar-refractivity contribution in [1.29, 1.82) is 0 Å². The van der Waals surface area contributed by atoms with E-state index in [0.717, 1.165) is 12.1 Å². The summed E-state index contributed by atoms with van der Waals surface area (Å²) in [6.45, 7) is 0. The highest BCUT2D eigenvalue weighted by atomic mass is 19.4. The number of hydrogen-bond donors (Lipinski definition) is 2. The van der Waals surface area contributed by atoms with Crippen LogP contribution in [0.4, 0.5) is 13.2 Å². The van der Waals surface area contributed by atoms with Crippen LogP contribution in [0.5, 0.6) is 5.75 Å². The van der Waals surface area contributed by atoms with E-state index in [1.165, 1.54) is 0 Å². The third-order valence-electron chi connectivity index (χ3n) is 1.56. The number of aromatic carboxylic acids is 1. The molecule has 1 aromatic rings. The molecule has 0 aliphatic heterocycles. The normalized spacial score (nSPS) is 11.4. The molecule has 2 N–H and O–H groups in total. The largest absolute Gasteiger partial charge is 0.507 e. The summed E-state index contributed by atoms with van der Waals surface area (Å²) in [6.07, 6.45) is -4.79. The summed E-state index contributed by atoms with van der Waals surface area (Å²) in [5, 5.41) is 17.4. The molecule has 0 saturated carbocycles. The molecule has 0 heterocycles.